The van der Waals surface area contributed by atoms with Crippen LogP contribution in [0.5, 0.6) is 0 Å². The van der Waals surface area contributed by atoms with Crippen molar-refractivity contribution in [1.29, 1.82) is 0 Å². The van der Waals surface area contributed by atoms with Crippen LogP contribution in [0.4, 0.5) is 0 Å². The van der Waals surface area contributed by atoms with Crippen LogP contribution in [0.15, 0.2) is 345 Å². The van der Waals surface area contributed by atoms with Crippen LogP contribution in [0.2, 0.25) is 0 Å². The number of ketones is 4. The molecule has 0 fully saturated rings. The summed E-state index contributed by atoms with van der Waals surface area (Å²) in [5, 5.41) is 53.4. The van der Waals surface area contributed by atoms with E-state index in [0.29, 0.717) is 0 Å². The van der Waals surface area contributed by atoms with Crippen molar-refractivity contribution in [1.82, 2.24) is 39.9 Å². The number of aliphatic hydroxyl groups excluding tert-OH is 4. The van der Waals surface area contributed by atoms with Gasteiger partial charge in [0.05, 0.1) is 73.8 Å². The van der Waals surface area contributed by atoms with Crippen LogP contribution in [-0.2, 0) is 98.3 Å². The largest absolute Gasteiger partial charge is 1.00 e. The minimum absolute atomic E-state index is 0. The Morgan fingerprint density at radius 3 is 0.919 bits per heavy atom. The molecule has 20 aromatic rings. The summed E-state index contributed by atoms with van der Waals surface area (Å²) in [5.74, 6) is 1.94. The first kappa shape index (κ1) is 105. The number of aromatic nitrogens is 8. The Bertz CT molecular complexity index is 7610. The van der Waals surface area contributed by atoms with Crippen molar-refractivity contribution in [3.05, 3.63) is 397 Å². The van der Waals surface area contributed by atoms with Crippen molar-refractivity contribution in [2.45, 2.75) is 90.0 Å². The number of carbonyl (C=O) groups excluding carboxylic acids is 4. The minimum atomic E-state index is -0.125. The smallest absolute Gasteiger partial charge is 0.512 e. The molecule has 0 bridgehead atoms. The molecule has 0 aliphatic rings. The molecule has 0 unspecified atom stereocenters. The van der Waals surface area contributed by atoms with Gasteiger partial charge in [0, 0.05) is 63.2 Å². The molecule has 0 aliphatic carbocycles. The first-order chi connectivity index (χ1) is 63.0. The normalized spacial score (nSPS) is 11.0. The van der Waals surface area contributed by atoms with Gasteiger partial charge in [-0.25, -0.2) is 0 Å². The van der Waals surface area contributed by atoms with E-state index in [1.807, 2.05) is 80.6 Å². The number of benzene rings is 16. The number of aryl methyl sites for hydroxylation is 5. The molecule has 4 N–H and O–H groups in total. The van der Waals surface area contributed by atoms with Crippen LogP contribution in [-0.4, -0.2) is 83.4 Å². The molecule has 0 saturated heterocycles. The first-order valence-corrected chi connectivity index (χ1v) is 42.5. The molecule has 16 nitrogen and oxygen atoms in total. The fourth-order valence-corrected chi connectivity index (χ4v) is 14.9. The van der Waals surface area contributed by atoms with Crippen molar-refractivity contribution < 1.29 is 119 Å². The van der Waals surface area contributed by atoms with E-state index in [-0.39, 0.29) is 125 Å². The van der Waals surface area contributed by atoms with E-state index in [9.17, 15) is 19.2 Å². The van der Waals surface area contributed by atoms with Crippen LogP contribution in [0, 0.1) is 58.9 Å². The van der Waals surface area contributed by atoms with Gasteiger partial charge in [-0.3, -0.25) is 59.0 Å². The summed E-state index contributed by atoms with van der Waals surface area (Å²) >= 11 is 0. The number of aliphatic hydroxyl groups is 4. The molecular weight excluding hydrogens is 2380 g/mol. The van der Waals surface area contributed by atoms with Crippen molar-refractivity contribution in [2.24, 2.45) is 0 Å². The predicted octanol–water partition coefficient (Wildman–Crippen LogP) is 27.8. The Morgan fingerprint density at radius 2 is 0.563 bits per heavy atom. The van der Waals surface area contributed by atoms with Crippen LogP contribution >= 0.6 is 0 Å². The quantitative estimate of drug-likeness (QED) is 0.0454. The van der Waals surface area contributed by atoms with Crippen LogP contribution in [0.1, 0.15) is 83.6 Å². The monoisotopic (exact) mass is 2480 g/mol. The second-order valence-electron chi connectivity index (χ2n) is 31.7. The Balaban J connectivity index is 0.000000183. The molecule has 4 radical (unpaired) electrons. The summed E-state index contributed by atoms with van der Waals surface area (Å²) in [6.45, 7) is 21.7. The molecule has 135 heavy (non-hydrogen) atoms. The standard InChI is InChI=1S/C27H17N2.C26H19N2.C23H15N2.C19H13N2.4C5H8O2.4Os/c1-17-25-15-21-13-19-8-2-3-9-20(19)14-22(21)16-26(25)29-27(28-17)24-12-6-10-18-7-4-5-11-23(18)24;1-17-7-11-19(12-8-17)25-26(20-13-9-18(2)10-14-20)28-24-16-22-6-4-3-5-21(22)15-23(24)27-25;1-15-21-13-17-8-2-3-9-18(17)14-22(21)25-23(24-15)20-12-6-10-16-7-4-5-11-19(16)20;1-13-17-11-15-9-5-6-10-16(15)12-18(17)21-19(20-13)14-7-3-2-4-8-14;4*1-4(6)3-5(2)7;;;;/h2-11,13-16H,1H3;3-13,15-16H,1-2H3;2-11,13-14H,1H3;2-7,9-12H,1H3;4*3,6H,1-2H3;;;;/q4*-1;;;;;4*+1. The maximum atomic E-state index is 10.0. The number of nitrogens with zero attached hydrogens (tertiary/aromatic N) is 8. The number of rotatable bonds is 9. The van der Waals surface area contributed by atoms with Crippen molar-refractivity contribution in [3.63, 3.8) is 0 Å². The second-order valence-corrected chi connectivity index (χ2v) is 31.7. The van der Waals surface area contributed by atoms with Gasteiger partial charge in [0.25, 0.3) is 0 Å². The maximum absolute atomic E-state index is 10.0. The molecule has 20 heteroatoms. The summed E-state index contributed by atoms with van der Waals surface area (Å²) in [5.41, 5.74) is 16.7. The van der Waals surface area contributed by atoms with Gasteiger partial charge in [-0.1, -0.05) is 204 Å². The minimum Gasteiger partial charge on any atom is -0.512 e. The van der Waals surface area contributed by atoms with Crippen LogP contribution < -0.4 is 0 Å². The molecule has 4 heterocycles. The van der Waals surface area contributed by atoms with Gasteiger partial charge in [-0.15, -0.1) is 118 Å². The Labute approximate surface area is 837 Å². The zero-order chi connectivity index (χ0) is 92.9. The molecule has 0 spiro atoms. The third-order valence-corrected chi connectivity index (χ3v) is 20.8. The van der Waals surface area contributed by atoms with E-state index in [2.05, 4.69) is 281 Å². The average molecular weight is 2480 g/mol. The van der Waals surface area contributed by atoms with E-state index < -0.39 is 0 Å². The van der Waals surface area contributed by atoms with Crippen molar-refractivity contribution in [3.8, 4) is 56.7 Å². The number of carbonyl (C=O) groups is 4. The number of fused-ring (bicyclic) bond motifs is 11. The molecular formula is C115H96N8O8Os4. The average Bonchev–Trinajstić information content (AvgIpc) is 0.725. The van der Waals surface area contributed by atoms with Gasteiger partial charge in [0.1, 0.15) is 0 Å². The Hall–Kier alpha value is -13.9. The summed E-state index contributed by atoms with van der Waals surface area (Å²) in [7, 11) is 0. The third-order valence-electron chi connectivity index (χ3n) is 20.8. The third kappa shape index (κ3) is 28.1. The predicted molar refractivity (Wildman–Crippen MR) is 535 cm³/mol. The molecule has 4 aromatic heterocycles. The number of hydrogen-bond acceptors (Lipinski definition) is 16. The second kappa shape index (κ2) is 49.2. The summed E-state index contributed by atoms with van der Waals surface area (Å²) < 4.78 is 0. The fourth-order valence-electron chi connectivity index (χ4n) is 14.9. The van der Waals surface area contributed by atoms with E-state index >= 15 is 0 Å². The van der Waals surface area contributed by atoms with E-state index in [0.717, 1.165) is 128 Å². The molecule has 20 rings (SSSR count). The van der Waals surface area contributed by atoms with Gasteiger partial charge in [0.2, 0.25) is 0 Å². The summed E-state index contributed by atoms with van der Waals surface area (Å²) in [6, 6.07) is 116. The summed E-state index contributed by atoms with van der Waals surface area (Å²) in [4.78, 5) is 78.9. The van der Waals surface area contributed by atoms with Gasteiger partial charge in [-0.2, -0.15) is 0 Å². The zero-order valence-corrected chi connectivity index (χ0v) is 86.7. The van der Waals surface area contributed by atoms with Gasteiger partial charge in [-0.05, 0) is 203 Å². The first-order valence-electron chi connectivity index (χ1n) is 42.5. The van der Waals surface area contributed by atoms with Gasteiger partial charge < -0.3 is 20.4 Å². The number of allylic oxidation sites excluding steroid dienone is 8. The molecule has 676 valence electrons. The maximum Gasteiger partial charge on any atom is 1.00 e. The molecule has 0 saturated carbocycles. The van der Waals surface area contributed by atoms with Crippen LogP contribution in [0.3, 0.4) is 0 Å². The van der Waals surface area contributed by atoms with E-state index in [1.165, 1.54) is 155 Å². The molecule has 0 atom stereocenters. The van der Waals surface area contributed by atoms with Gasteiger partial charge in [0.15, 0.2) is 23.1 Å². The SMILES string of the molecule is CC(=O)C=C(C)O.CC(=O)C=C(C)O.CC(=O)C=C(C)O.CC(=O)C=C(C)O.Cc1c[c-]c(-c2nc3cc4ccccc4cc3nc2-c2ccc(C)cc2)cc1.Cc1nc(-c2[c-]ccc3ccccc23)nc2cc3cc4ccccc4cc3cc12.Cc1nc(-c2[c-]ccc3ccccc23)nc2cc3ccccc3cc12.Cc1nc(-c2[c-]cccc2)nc2cc3ccccc3cc12.[Os+].[Os+].[Os+].[Os+]. The van der Waals surface area contributed by atoms with Gasteiger partial charge >= 0.3 is 79.2 Å². The van der Waals surface area contributed by atoms with Crippen LogP contribution in [0.25, 0.3) is 176 Å². The zero-order valence-electron chi connectivity index (χ0n) is 76.5. The van der Waals surface area contributed by atoms with Crippen molar-refractivity contribution in [2.75, 3.05) is 0 Å². The number of hydrogen-bond donors (Lipinski definition) is 4. The van der Waals surface area contributed by atoms with Crippen molar-refractivity contribution >= 4 is 142 Å². The fraction of sp³-hybridized carbons (Fsp3) is 0.113. The Morgan fingerprint density at radius 1 is 0.252 bits per heavy atom. The summed E-state index contributed by atoms with van der Waals surface area (Å²) in [6.07, 6.45) is 4.67. The molecule has 0 amide bonds. The Kier molecular flexibility index (Phi) is 38.2. The topological polar surface area (TPSA) is 252 Å². The molecule has 16 aromatic carbocycles. The van der Waals surface area contributed by atoms with E-state index in [1.54, 1.807) is 0 Å². The molecule has 0 aliphatic heterocycles. The van der Waals surface area contributed by atoms with E-state index in [4.69, 9.17) is 55.3 Å².